The molecule has 2 N–H and O–H groups in total. The SMILES string of the molecule is C=CCNc1cc(NCCc2ccc(OC)c(OC)c2)nc(-c2ccccc2)n1. The third-order valence-electron chi connectivity index (χ3n) is 4.35. The number of rotatable bonds is 10. The summed E-state index contributed by atoms with van der Waals surface area (Å²) in [4.78, 5) is 9.28. The molecule has 6 heteroatoms. The van der Waals surface area contributed by atoms with Crippen LogP contribution in [0.1, 0.15) is 5.56 Å². The highest BCUT2D eigenvalue weighted by atomic mass is 16.5. The van der Waals surface area contributed by atoms with E-state index in [9.17, 15) is 0 Å². The van der Waals surface area contributed by atoms with Gasteiger partial charge in [-0.05, 0) is 24.1 Å². The van der Waals surface area contributed by atoms with Crippen LogP contribution >= 0.6 is 0 Å². The number of methoxy groups -OCH3 is 2. The van der Waals surface area contributed by atoms with Crippen LogP contribution < -0.4 is 20.1 Å². The van der Waals surface area contributed by atoms with E-state index in [0.717, 1.165) is 47.2 Å². The molecule has 0 atom stereocenters. The second-order valence-electron chi connectivity index (χ2n) is 6.36. The minimum atomic E-state index is 0.635. The number of nitrogens with zero attached hydrogens (tertiary/aromatic N) is 2. The molecule has 0 aliphatic heterocycles. The van der Waals surface area contributed by atoms with E-state index in [1.54, 1.807) is 20.3 Å². The normalized spacial score (nSPS) is 10.3. The molecule has 3 aromatic rings. The summed E-state index contributed by atoms with van der Waals surface area (Å²) in [6, 6.07) is 17.8. The van der Waals surface area contributed by atoms with Crippen molar-refractivity contribution in [3.8, 4) is 22.9 Å². The number of hydrogen-bond donors (Lipinski definition) is 2. The van der Waals surface area contributed by atoms with Crippen molar-refractivity contribution in [3.05, 3.63) is 72.8 Å². The van der Waals surface area contributed by atoms with E-state index >= 15 is 0 Å². The molecule has 3 rings (SSSR count). The highest BCUT2D eigenvalue weighted by molar-refractivity contribution is 5.61. The van der Waals surface area contributed by atoms with Crippen LogP contribution in [0.3, 0.4) is 0 Å². The third kappa shape index (κ3) is 5.48. The smallest absolute Gasteiger partial charge is 0.163 e. The van der Waals surface area contributed by atoms with Gasteiger partial charge in [-0.3, -0.25) is 0 Å². The molecule has 2 aromatic carbocycles. The van der Waals surface area contributed by atoms with Gasteiger partial charge >= 0.3 is 0 Å². The predicted octanol–water partition coefficient (Wildman–Crippen LogP) is 4.41. The van der Waals surface area contributed by atoms with Crippen molar-refractivity contribution in [2.75, 3.05) is 37.9 Å². The quantitative estimate of drug-likeness (QED) is 0.500. The number of anilines is 2. The van der Waals surface area contributed by atoms with Crippen molar-refractivity contribution < 1.29 is 9.47 Å². The van der Waals surface area contributed by atoms with Crippen LogP contribution in [-0.4, -0.2) is 37.3 Å². The van der Waals surface area contributed by atoms with Gasteiger partial charge in [-0.1, -0.05) is 42.5 Å². The molecule has 0 saturated carbocycles. The Morgan fingerprint density at radius 1 is 0.897 bits per heavy atom. The number of ether oxygens (including phenoxy) is 2. The summed E-state index contributed by atoms with van der Waals surface area (Å²) in [5.74, 6) is 3.66. The van der Waals surface area contributed by atoms with E-state index in [1.807, 2.05) is 54.6 Å². The molecule has 0 amide bonds. The van der Waals surface area contributed by atoms with Crippen LogP contribution in [0.25, 0.3) is 11.4 Å². The van der Waals surface area contributed by atoms with Crippen LogP contribution in [0, 0.1) is 0 Å². The van der Waals surface area contributed by atoms with Gasteiger partial charge < -0.3 is 20.1 Å². The maximum atomic E-state index is 5.38. The number of nitrogens with one attached hydrogen (secondary N) is 2. The molecule has 1 aromatic heterocycles. The first-order chi connectivity index (χ1) is 14.2. The maximum absolute atomic E-state index is 5.38. The Morgan fingerprint density at radius 2 is 1.62 bits per heavy atom. The van der Waals surface area contributed by atoms with Gasteiger partial charge in [0.15, 0.2) is 17.3 Å². The Labute approximate surface area is 171 Å². The van der Waals surface area contributed by atoms with Gasteiger partial charge in [-0.15, -0.1) is 6.58 Å². The van der Waals surface area contributed by atoms with E-state index in [1.165, 1.54) is 0 Å². The Bertz CT molecular complexity index is 945. The summed E-state index contributed by atoms with van der Waals surface area (Å²) in [5.41, 5.74) is 2.12. The third-order valence-corrected chi connectivity index (χ3v) is 4.35. The highest BCUT2D eigenvalue weighted by Gasteiger charge is 2.08. The summed E-state index contributed by atoms with van der Waals surface area (Å²) in [6.45, 7) is 5.11. The number of benzene rings is 2. The molecule has 0 radical (unpaired) electrons. The van der Waals surface area contributed by atoms with Crippen LogP contribution in [0.4, 0.5) is 11.6 Å². The average Bonchev–Trinajstić information content (AvgIpc) is 2.78. The van der Waals surface area contributed by atoms with Crippen molar-refractivity contribution >= 4 is 11.6 Å². The van der Waals surface area contributed by atoms with Crippen LogP contribution in [0.5, 0.6) is 11.5 Å². The minimum Gasteiger partial charge on any atom is -0.493 e. The fraction of sp³-hybridized carbons (Fsp3) is 0.217. The topological polar surface area (TPSA) is 68.3 Å². The monoisotopic (exact) mass is 390 g/mol. The molecule has 0 aliphatic carbocycles. The Balaban J connectivity index is 1.73. The van der Waals surface area contributed by atoms with E-state index in [2.05, 4.69) is 27.2 Å². The lowest BCUT2D eigenvalue weighted by Gasteiger charge is -2.12. The largest absolute Gasteiger partial charge is 0.493 e. The van der Waals surface area contributed by atoms with Gasteiger partial charge in [0.1, 0.15) is 11.6 Å². The summed E-state index contributed by atoms with van der Waals surface area (Å²) in [6.07, 6.45) is 2.62. The first-order valence-corrected chi connectivity index (χ1v) is 9.47. The van der Waals surface area contributed by atoms with Crippen molar-refractivity contribution in [2.45, 2.75) is 6.42 Å². The minimum absolute atomic E-state index is 0.635. The van der Waals surface area contributed by atoms with E-state index in [4.69, 9.17) is 9.47 Å². The maximum Gasteiger partial charge on any atom is 0.163 e. The van der Waals surface area contributed by atoms with Gasteiger partial charge in [0.25, 0.3) is 0 Å². The molecule has 0 unspecified atom stereocenters. The van der Waals surface area contributed by atoms with E-state index < -0.39 is 0 Å². The molecule has 29 heavy (non-hydrogen) atoms. The zero-order valence-corrected chi connectivity index (χ0v) is 16.8. The molecule has 1 heterocycles. The molecule has 0 fully saturated rings. The standard InChI is InChI=1S/C23H26N4O2/c1-4-13-24-21-16-22(27-23(26-21)18-8-6-5-7-9-18)25-14-12-17-10-11-19(28-2)20(15-17)29-3/h4-11,15-16H,1,12-14H2,2-3H3,(H2,24,25,26,27). The molecular formula is C23H26N4O2. The Hall–Kier alpha value is -3.54. The van der Waals surface area contributed by atoms with E-state index in [-0.39, 0.29) is 0 Å². The zero-order chi connectivity index (χ0) is 20.5. The van der Waals surface area contributed by atoms with Gasteiger partial charge in [0, 0.05) is 24.7 Å². The lowest BCUT2D eigenvalue weighted by molar-refractivity contribution is 0.354. The Kier molecular flexibility index (Phi) is 7.05. The van der Waals surface area contributed by atoms with Crippen LogP contribution in [-0.2, 0) is 6.42 Å². The lowest BCUT2D eigenvalue weighted by atomic mass is 10.1. The first kappa shape index (κ1) is 20.2. The second kappa shape index (κ2) is 10.1. The molecule has 6 nitrogen and oxygen atoms in total. The summed E-state index contributed by atoms with van der Waals surface area (Å²) < 4.78 is 10.7. The molecule has 0 saturated heterocycles. The zero-order valence-electron chi connectivity index (χ0n) is 16.8. The first-order valence-electron chi connectivity index (χ1n) is 9.47. The number of hydrogen-bond acceptors (Lipinski definition) is 6. The van der Waals surface area contributed by atoms with E-state index in [0.29, 0.717) is 12.4 Å². The Morgan fingerprint density at radius 3 is 2.31 bits per heavy atom. The van der Waals surface area contributed by atoms with Crippen molar-refractivity contribution in [1.82, 2.24) is 9.97 Å². The molecule has 0 bridgehead atoms. The van der Waals surface area contributed by atoms with Gasteiger partial charge in [-0.25, -0.2) is 9.97 Å². The van der Waals surface area contributed by atoms with Gasteiger partial charge in [-0.2, -0.15) is 0 Å². The molecule has 0 aliphatic rings. The summed E-state index contributed by atoms with van der Waals surface area (Å²) in [5, 5.41) is 6.64. The van der Waals surface area contributed by atoms with Crippen molar-refractivity contribution in [2.24, 2.45) is 0 Å². The number of aromatic nitrogens is 2. The van der Waals surface area contributed by atoms with Crippen molar-refractivity contribution in [3.63, 3.8) is 0 Å². The van der Waals surface area contributed by atoms with Crippen LogP contribution in [0.15, 0.2) is 67.3 Å². The highest BCUT2D eigenvalue weighted by Crippen LogP contribution is 2.27. The average molecular weight is 390 g/mol. The fourth-order valence-corrected chi connectivity index (χ4v) is 2.89. The molecular weight excluding hydrogens is 364 g/mol. The lowest BCUT2D eigenvalue weighted by Crippen LogP contribution is -2.09. The summed E-state index contributed by atoms with van der Waals surface area (Å²) >= 11 is 0. The van der Waals surface area contributed by atoms with Gasteiger partial charge in [0.05, 0.1) is 14.2 Å². The molecule has 150 valence electrons. The fourth-order valence-electron chi connectivity index (χ4n) is 2.89. The predicted molar refractivity (Wildman–Crippen MR) is 118 cm³/mol. The van der Waals surface area contributed by atoms with Crippen molar-refractivity contribution in [1.29, 1.82) is 0 Å². The van der Waals surface area contributed by atoms with Crippen LogP contribution in [0.2, 0.25) is 0 Å². The summed E-state index contributed by atoms with van der Waals surface area (Å²) in [7, 11) is 3.28. The van der Waals surface area contributed by atoms with Gasteiger partial charge in [0.2, 0.25) is 0 Å². The molecule has 0 spiro atoms. The second-order valence-corrected chi connectivity index (χ2v) is 6.36.